The molecule has 20 heavy (non-hydrogen) atoms. The molecule has 0 radical (unpaired) electrons. The van der Waals surface area contributed by atoms with E-state index in [9.17, 15) is 8.42 Å². The van der Waals surface area contributed by atoms with Gasteiger partial charge in [-0.05, 0) is 17.7 Å². The van der Waals surface area contributed by atoms with Crippen molar-refractivity contribution < 1.29 is 8.42 Å². The molecule has 1 heterocycles. The lowest BCUT2D eigenvalue weighted by atomic mass is 10.2. The Kier molecular flexibility index (Phi) is 4.12. The smallest absolute Gasteiger partial charge is 0.240 e. The zero-order valence-electron chi connectivity index (χ0n) is 10.8. The van der Waals surface area contributed by atoms with Crippen molar-refractivity contribution in [2.75, 3.05) is 0 Å². The van der Waals surface area contributed by atoms with Crippen molar-refractivity contribution in [2.24, 2.45) is 7.05 Å². The molecule has 0 aliphatic carbocycles. The molecule has 0 amide bonds. The quantitative estimate of drug-likeness (QED) is 0.857. The van der Waals surface area contributed by atoms with Crippen LogP contribution in [0.3, 0.4) is 0 Å². The van der Waals surface area contributed by atoms with Gasteiger partial charge in [-0.1, -0.05) is 12.1 Å². The van der Waals surface area contributed by atoms with Crippen molar-refractivity contribution >= 4 is 10.0 Å². The van der Waals surface area contributed by atoms with Crippen LogP contribution in [0.2, 0.25) is 0 Å². The average molecular weight is 291 g/mol. The zero-order chi connectivity index (χ0) is 14.6. The average Bonchev–Trinajstić information content (AvgIpc) is 2.83. The molecule has 104 valence electrons. The lowest BCUT2D eigenvalue weighted by Crippen LogP contribution is -2.24. The second-order valence-corrected chi connectivity index (χ2v) is 5.93. The maximum atomic E-state index is 12.1. The lowest BCUT2D eigenvalue weighted by molar-refractivity contribution is 0.577. The first-order valence-corrected chi connectivity index (χ1v) is 7.29. The normalized spacial score (nSPS) is 11.2. The molecule has 1 N–H and O–H groups in total. The van der Waals surface area contributed by atoms with E-state index in [-0.39, 0.29) is 17.9 Å². The summed E-state index contributed by atoms with van der Waals surface area (Å²) in [6, 6.07) is 8.22. The van der Waals surface area contributed by atoms with Gasteiger partial charge in [-0.15, -0.1) is 10.2 Å². The Hall–Kier alpha value is -2.24. The van der Waals surface area contributed by atoms with Gasteiger partial charge in [-0.3, -0.25) is 0 Å². The maximum Gasteiger partial charge on any atom is 0.240 e. The van der Waals surface area contributed by atoms with Crippen LogP contribution in [0.5, 0.6) is 0 Å². The highest BCUT2D eigenvalue weighted by Crippen LogP contribution is 2.11. The van der Waals surface area contributed by atoms with Crippen molar-refractivity contribution in [3.63, 3.8) is 0 Å². The summed E-state index contributed by atoms with van der Waals surface area (Å²) in [5.41, 5.74) is 0.778. The van der Waals surface area contributed by atoms with E-state index < -0.39 is 10.0 Å². The van der Waals surface area contributed by atoms with Gasteiger partial charge in [0.1, 0.15) is 12.2 Å². The first-order chi connectivity index (χ1) is 9.53. The minimum atomic E-state index is -3.60. The summed E-state index contributed by atoms with van der Waals surface area (Å²) in [7, 11) is -1.86. The number of nitrogens with zero attached hydrogens (tertiary/aromatic N) is 4. The van der Waals surface area contributed by atoms with Crippen LogP contribution in [-0.4, -0.2) is 23.2 Å². The number of sulfonamides is 1. The van der Waals surface area contributed by atoms with Crippen LogP contribution in [0.1, 0.15) is 11.4 Å². The molecular weight excluding hydrogens is 278 g/mol. The van der Waals surface area contributed by atoms with Crippen molar-refractivity contribution in [1.82, 2.24) is 19.5 Å². The van der Waals surface area contributed by atoms with Crippen molar-refractivity contribution in [3.8, 4) is 6.07 Å². The van der Waals surface area contributed by atoms with Gasteiger partial charge in [0.05, 0.1) is 23.9 Å². The van der Waals surface area contributed by atoms with E-state index in [1.165, 1.54) is 18.5 Å². The van der Waals surface area contributed by atoms with Crippen LogP contribution < -0.4 is 4.72 Å². The van der Waals surface area contributed by atoms with Crippen LogP contribution in [0.25, 0.3) is 0 Å². The summed E-state index contributed by atoms with van der Waals surface area (Å²) in [6.07, 6.45) is 1.76. The standard InChI is InChI=1S/C12H13N5O2S/c1-17-9-14-16-12(17)8-15-20(18,19)11-4-2-10(3-5-11)6-7-13/h2-5,9,15H,6,8H2,1H3. The summed E-state index contributed by atoms with van der Waals surface area (Å²) in [6.45, 7) is 0.0682. The lowest BCUT2D eigenvalue weighted by Gasteiger charge is -2.06. The Labute approximate surface area is 116 Å². The van der Waals surface area contributed by atoms with Crippen LogP contribution in [0.15, 0.2) is 35.5 Å². The molecule has 0 saturated heterocycles. The van der Waals surface area contributed by atoms with Gasteiger partial charge < -0.3 is 4.57 Å². The molecule has 8 heteroatoms. The molecule has 0 atom stereocenters. The molecule has 2 rings (SSSR count). The van der Waals surface area contributed by atoms with Crippen LogP contribution in [0.4, 0.5) is 0 Å². The zero-order valence-corrected chi connectivity index (χ0v) is 11.6. The van der Waals surface area contributed by atoms with Crippen LogP contribution in [-0.2, 0) is 30.0 Å². The predicted molar refractivity (Wildman–Crippen MR) is 70.8 cm³/mol. The second-order valence-electron chi connectivity index (χ2n) is 4.16. The van der Waals surface area contributed by atoms with Gasteiger partial charge in [-0.2, -0.15) is 5.26 Å². The Bertz CT molecular complexity index is 728. The molecule has 0 aliphatic heterocycles. The molecule has 1 aromatic carbocycles. The number of aryl methyl sites for hydroxylation is 1. The summed E-state index contributed by atoms with van der Waals surface area (Å²) in [5.74, 6) is 0.523. The fraction of sp³-hybridized carbons (Fsp3) is 0.250. The number of nitrogens with one attached hydrogen (secondary N) is 1. The fourth-order valence-electron chi connectivity index (χ4n) is 1.59. The number of rotatable bonds is 5. The number of hydrogen-bond acceptors (Lipinski definition) is 5. The van der Waals surface area contributed by atoms with Gasteiger partial charge in [0.15, 0.2) is 0 Å². The monoisotopic (exact) mass is 291 g/mol. The van der Waals surface area contributed by atoms with Crippen molar-refractivity contribution in [2.45, 2.75) is 17.9 Å². The Balaban J connectivity index is 2.10. The van der Waals surface area contributed by atoms with Gasteiger partial charge >= 0.3 is 0 Å². The summed E-state index contributed by atoms with van der Waals surface area (Å²) in [5, 5.41) is 16.0. The van der Waals surface area contributed by atoms with Crippen LogP contribution >= 0.6 is 0 Å². The third kappa shape index (κ3) is 3.20. The van der Waals surface area contributed by atoms with E-state index in [4.69, 9.17) is 5.26 Å². The topological polar surface area (TPSA) is 101 Å². The second kappa shape index (κ2) is 5.81. The minimum absolute atomic E-state index is 0.0682. The Morgan fingerprint density at radius 1 is 1.35 bits per heavy atom. The van der Waals surface area contributed by atoms with E-state index >= 15 is 0 Å². The van der Waals surface area contributed by atoms with Gasteiger partial charge in [0.25, 0.3) is 0 Å². The third-order valence-corrected chi connectivity index (χ3v) is 4.16. The Morgan fingerprint density at radius 3 is 2.60 bits per heavy atom. The van der Waals surface area contributed by atoms with E-state index in [2.05, 4.69) is 14.9 Å². The highest BCUT2D eigenvalue weighted by Gasteiger charge is 2.14. The minimum Gasteiger partial charge on any atom is -0.320 e. The number of hydrogen-bond donors (Lipinski definition) is 1. The molecule has 1 aromatic heterocycles. The summed E-state index contributed by atoms with van der Waals surface area (Å²) >= 11 is 0. The molecule has 0 unspecified atom stereocenters. The molecule has 0 spiro atoms. The first kappa shape index (κ1) is 14.2. The number of aromatic nitrogens is 3. The SMILES string of the molecule is Cn1cnnc1CNS(=O)(=O)c1ccc(CC#N)cc1. The molecule has 0 bridgehead atoms. The highest BCUT2D eigenvalue weighted by atomic mass is 32.2. The predicted octanol–water partition coefficient (Wildman–Crippen LogP) is 0.360. The number of benzene rings is 1. The first-order valence-electron chi connectivity index (χ1n) is 5.81. The molecular formula is C12H13N5O2S. The third-order valence-electron chi connectivity index (χ3n) is 2.74. The van der Waals surface area contributed by atoms with E-state index in [1.807, 2.05) is 6.07 Å². The fourth-order valence-corrected chi connectivity index (χ4v) is 2.57. The molecule has 0 aliphatic rings. The highest BCUT2D eigenvalue weighted by molar-refractivity contribution is 7.89. The molecule has 2 aromatic rings. The maximum absolute atomic E-state index is 12.1. The van der Waals surface area contributed by atoms with Gasteiger partial charge in [0, 0.05) is 7.05 Å². The van der Waals surface area contributed by atoms with E-state index in [0.29, 0.717) is 5.82 Å². The number of nitriles is 1. The molecule has 7 nitrogen and oxygen atoms in total. The van der Waals surface area contributed by atoms with E-state index in [0.717, 1.165) is 5.56 Å². The largest absolute Gasteiger partial charge is 0.320 e. The summed E-state index contributed by atoms with van der Waals surface area (Å²) in [4.78, 5) is 0.154. The van der Waals surface area contributed by atoms with E-state index in [1.54, 1.807) is 23.7 Å². The van der Waals surface area contributed by atoms with Crippen LogP contribution in [0, 0.1) is 11.3 Å². The van der Waals surface area contributed by atoms with Crippen molar-refractivity contribution in [3.05, 3.63) is 42.0 Å². The van der Waals surface area contributed by atoms with Gasteiger partial charge in [-0.25, -0.2) is 13.1 Å². The van der Waals surface area contributed by atoms with Crippen molar-refractivity contribution in [1.29, 1.82) is 5.26 Å². The molecule has 0 saturated carbocycles. The molecule has 0 fully saturated rings. The van der Waals surface area contributed by atoms with Gasteiger partial charge in [0.2, 0.25) is 10.0 Å². The Morgan fingerprint density at radius 2 is 2.05 bits per heavy atom. The summed E-state index contributed by atoms with van der Waals surface area (Å²) < 4.78 is 28.2.